The van der Waals surface area contributed by atoms with Gasteiger partial charge in [-0.3, -0.25) is 4.90 Å². The number of aldehydes is 1. The monoisotopic (exact) mass is 169 g/mol. The summed E-state index contributed by atoms with van der Waals surface area (Å²) in [4.78, 5) is 13.6. The predicted octanol–water partition coefficient (Wildman–Crippen LogP) is 1.55. The van der Waals surface area contributed by atoms with E-state index in [1.165, 1.54) is 0 Å². The summed E-state index contributed by atoms with van der Waals surface area (Å²) < 4.78 is 0. The molecule has 1 aromatic heterocycles. The maximum atomic E-state index is 10.6. The molecule has 0 aromatic carbocycles. The lowest BCUT2D eigenvalue weighted by Gasteiger charge is -2.16. The second-order valence-corrected chi connectivity index (χ2v) is 3.54. The van der Waals surface area contributed by atoms with Gasteiger partial charge in [-0.05, 0) is 25.5 Å². The molecule has 0 spiro atoms. The van der Waals surface area contributed by atoms with E-state index in [9.17, 15) is 4.79 Å². The zero-order valence-corrected chi connectivity index (χ0v) is 7.47. The van der Waals surface area contributed by atoms with E-state index in [2.05, 4.69) is 0 Å². The lowest BCUT2D eigenvalue weighted by atomic mass is 10.2. The molecule has 0 saturated heterocycles. The quantitative estimate of drug-likeness (QED) is 0.640. The van der Waals surface area contributed by atoms with Gasteiger partial charge < -0.3 is 4.79 Å². The van der Waals surface area contributed by atoms with Gasteiger partial charge in [0.1, 0.15) is 6.29 Å². The first kappa shape index (κ1) is 8.43. The number of hydrogen-bond donors (Lipinski definition) is 0. The molecule has 0 amide bonds. The largest absolute Gasteiger partial charge is 0.301 e. The molecule has 0 radical (unpaired) electrons. The second-order valence-electron chi connectivity index (χ2n) is 2.56. The molecular weight excluding hydrogens is 158 g/mol. The van der Waals surface area contributed by atoms with Gasteiger partial charge in [0.25, 0.3) is 0 Å². The molecule has 3 heteroatoms. The highest BCUT2D eigenvalue weighted by molar-refractivity contribution is 7.10. The Morgan fingerprint density at radius 2 is 2.36 bits per heavy atom. The van der Waals surface area contributed by atoms with Gasteiger partial charge in [0, 0.05) is 4.88 Å². The zero-order valence-electron chi connectivity index (χ0n) is 6.65. The SMILES string of the molecule is CN(C)C(C=O)c1cccs1. The van der Waals surface area contributed by atoms with E-state index in [1.54, 1.807) is 11.3 Å². The predicted molar refractivity (Wildman–Crippen MR) is 46.8 cm³/mol. The maximum absolute atomic E-state index is 10.6. The van der Waals surface area contributed by atoms with Gasteiger partial charge in [-0.2, -0.15) is 0 Å². The van der Waals surface area contributed by atoms with Crippen molar-refractivity contribution in [3.8, 4) is 0 Å². The first-order valence-corrected chi connectivity index (χ1v) is 4.29. The third kappa shape index (κ3) is 1.88. The average Bonchev–Trinajstić information content (AvgIpc) is 2.40. The van der Waals surface area contributed by atoms with Crippen LogP contribution in [-0.4, -0.2) is 25.3 Å². The van der Waals surface area contributed by atoms with Crippen molar-refractivity contribution in [2.75, 3.05) is 14.1 Å². The maximum Gasteiger partial charge on any atom is 0.142 e. The number of thiophene rings is 1. The number of rotatable bonds is 3. The van der Waals surface area contributed by atoms with Crippen molar-refractivity contribution in [3.63, 3.8) is 0 Å². The van der Waals surface area contributed by atoms with E-state index in [0.29, 0.717) is 0 Å². The second kappa shape index (κ2) is 3.64. The van der Waals surface area contributed by atoms with Crippen LogP contribution in [-0.2, 0) is 4.79 Å². The Bertz CT molecular complexity index is 218. The standard InChI is InChI=1S/C8H11NOS/c1-9(2)7(6-10)8-4-3-5-11-8/h3-7H,1-2H3. The van der Waals surface area contributed by atoms with E-state index in [0.717, 1.165) is 11.2 Å². The van der Waals surface area contributed by atoms with Crippen molar-refractivity contribution in [2.45, 2.75) is 6.04 Å². The Labute approximate surface area is 70.5 Å². The highest BCUT2D eigenvalue weighted by atomic mass is 32.1. The molecule has 0 aliphatic carbocycles. The lowest BCUT2D eigenvalue weighted by molar-refractivity contribution is -0.111. The van der Waals surface area contributed by atoms with Crippen molar-refractivity contribution in [3.05, 3.63) is 22.4 Å². The van der Waals surface area contributed by atoms with Gasteiger partial charge in [0.2, 0.25) is 0 Å². The number of nitrogens with zero attached hydrogens (tertiary/aromatic N) is 1. The highest BCUT2D eigenvalue weighted by Gasteiger charge is 2.12. The third-order valence-electron chi connectivity index (χ3n) is 1.52. The Morgan fingerprint density at radius 1 is 1.64 bits per heavy atom. The van der Waals surface area contributed by atoms with E-state index in [1.807, 2.05) is 36.5 Å². The molecule has 60 valence electrons. The fraction of sp³-hybridized carbons (Fsp3) is 0.375. The van der Waals surface area contributed by atoms with Crippen LogP contribution in [0.4, 0.5) is 0 Å². The molecule has 0 N–H and O–H groups in total. The van der Waals surface area contributed by atoms with E-state index in [4.69, 9.17) is 0 Å². The van der Waals surface area contributed by atoms with Crippen LogP contribution in [0, 0.1) is 0 Å². The fourth-order valence-electron chi connectivity index (χ4n) is 0.903. The molecule has 0 aliphatic heterocycles. The minimum Gasteiger partial charge on any atom is -0.301 e. The molecular formula is C8H11NOS. The summed E-state index contributed by atoms with van der Waals surface area (Å²) in [6, 6.07) is 3.86. The number of hydrogen-bond acceptors (Lipinski definition) is 3. The fourth-order valence-corrected chi connectivity index (χ4v) is 1.78. The summed E-state index contributed by atoms with van der Waals surface area (Å²) in [6.45, 7) is 0. The van der Waals surface area contributed by atoms with Crippen molar-refractivity contribution < 1.29 is 4.79 Å². The molecule has 0 saturated carbocycles. The van der Waals surface area contributed by atoms with Gasteiger partial charge in [-0.25, -0.2) is 0 Å². The Morgan fingerprint density at radius 3 is 2.73 bits per heavy atom. The summed E-state index contributed by atoms with van der Waals surface area (Å²) in [5.41, 5.74) is 0. The topological polar surface area (TPSA) is 20.3 Å². The van der Waals surface area contributed by atoms with Crippen molar-refractivity contribution >= 4 is 17.6 Å². The van der Waals surface area contributed by atoms with E-state index < -0.39 is 0 Å². The van der Waals surface area contributed by atoms with Crippen LogP contribution in [0.15, 0.2) is 17.5 Å². The molecule has 1 heterocycles. The summed E-state index contributed by atoms with van der Waals surface area (Å²) >= 11 is 1.61. The van der Waals surface area contributed by atoms with Crippen LogP contribution in [0.5, 0.6) is 0 Å². The van der Waals surface area contributed by atoms with Crippen LogP contribution in [0.3, 0.4) is 0 Å². The van der Waals surface area contributed by atoms with Gasteiger partial charge in [-0.1, -0.05) is 6.07 Å². The summed E-state index contributed by atoms with van der Waals surface area (Å²) in [7, 11) is 3.80. The van der Waals surface area contributed by atoms with E-state index >= 15 is 0 Å². The first-order valence-electron chi connectivity index (χ1n) is 3.41. The van der Waals surface area contributed by atoms with Crippen LogP contribution in [0.1, 0.15) is 10.9 Å². The molecule has 1 rings (SSSR count). The van der Waals surface area contributed by atoms with Crippen molar-refractivity contribution in [1.29, 1.82) is 0 Å². The normalized spacial score (nSPS) is 13.4. The van der Waals surface area contributed by atoms with Crippen LogP contribution < -0.4 is 0 Å². The molecule has 0 aliphatic rings. The molecule has 1 unspecified atom stereocenters. The van der Waals surface area contributed by atoms with Crippen molar-refractivity contribution in [1.82, 2.24) is 4.90 Å². The molecule has 1 aromatic rings. The lowest BCUT2D eigenvalue weighted by Crippen LogP contribution is -2.19. The van der Waals surface area contributed by atoms with Crippen molar-refractivity contribution in [2.24, 2.45) is 0 Å². The average molecular weight is 169 g/mol. The third-order valence-corrected chi connectivity index (χ3v) is 2.46. The molecule has 0 fully saturated rings. The van der Waals surface area contributed by atoms with Gasteiger partial charge in [-0.15, -0.1) is 11.3 Å². The zero-order chi connectivity index (χ0) is 8.27. The minimum atomic E-state index is -0.0741. The highest BCUT2D eigenvalue weighted by Crippen LogP contribution is 2.20. The smallest absolute Gasteiger partial charge is 0.142 e. The molecule has 0 bridgehead atoms. The summed E-state index contributed by atoms with van der Waals surface area (Å²) in [6.07, 6.45) is 0.964. The number of carbonyl (C=O) groups is 1. The Balaban J connectivity index is 2.79. The Hall–Kier alpha value is -0.670. The molecule has 2 nitrogen and oxygen atoms in total. The minimum absolute atomic E-state index is 0.0741. The van der Waals surface area contributed by atoms with Gasteiger partial charge in [0.15, 0.2) is 0 Å². The number of likely N-dealkylation sites (N-methyl/N-ethyl adjacent to an activating group) is 1. The van der Waals surface area contributed by atoms with Crippen LogP contribution in [0.25, 0.3) is 0 Å². The van der Waals surface area contributed by atoms with E-state index in [-0.39, 0.29) is 6.04 Å². The van der Waals surface area contributed by atoms with Gasteiger partial charge in [0.05, 0.1) is 6.04 Å². The molecule has 11 heavy (non-hydrogen) atoms. The van der Waals surface area contributed by atoms with Gasteiger partial charge >= 0.3 is 0 Å². The Kier molecular flexibility index (Phi) is 2.79. The summed E-state index contributed by atoms with van der Waals surface area (Å²) in [5, 5.41) is 1.98. The first-order chi connectivity index (χ1) is 5.25. The van der Waals surface area contributed by atoms with Crippen LogP contribution in [0.2, 0.25) is 0 Å². The van der Waals surface area contributed by atoms with Crippen LogP contribution >= 0.6 is 11.3 Å². The molecule has 1 atom stereocenters. The number of carbonyl (C=O) groups excluding carboxylic acids is 1. The summed E-state index contributed by atoms with van der Waals surface area (Å²) in [5.74, 6) is 0.